The normalized spacial score (nSPS) is 12.7. The van der Waals surface area contributed by atoms with E-state index in [1.165, 1.54) is 6.42 Å². The summed E-state index contributed by atoms with van der Waals surface area (Å²) in [6.45, 7) is 13.1. The molecule has 21 heavy (non-hydrogen) atoms. The quantitative estimate of drug-likeness (QED) is 0.280. The zero-order valence-electron chi connectivity index (χ0n) is 14.6. The fraction of sp³-hybridized carbons (Fsp3) is 0.833. The summed E-state index contributed by atoms with van der Waals surface area (Å²) in [5, 5.41) is 0. The van der Waals surface area contributed by atoms with Gasteiger partial charge in [-0.2, -0.15) is 4.89 Å². The Morgan fingerprint density at radius 2 is 1.71 bits per heavy atom. The third-order valence-electron chi connectivity index (χ3n) is 2.90. The molecule has 0 saturated heterocycles. The number of carbonyl (C=O) groups excluding carboxylic acids is 1. The topological polar surface area (TPSA) is 35.5 Å². The van der Waals surface area contributed by atoms with Gasteiger partial charge in [-0.15, -0.1) is 5.92 Å². The molecule has 3 heteroatoms. The van der Waals surface area contributed by atoms with Crippen molar-refractivity contribution >= 4 is 5.97 Å². The molecule has 122 valence electrons. The molecule has 0 amide bonds. The van der Waals surface area contributed by atoms with Crippen molar-refractivity contribution in [1.29, 1.82) is 0 Å². The molecule has 0 saturated carbocycles. The first-order chi connectivity index (χ1) is 9.70. The summed E-state index contributed by atoms with van der Waals surface area (Å²) in [6.07, 6.45) is 4.68. The van der Waals surface area contributed by atoms with E-state index in [1.807, 2.05) is 20.8 Å². The molecular formula is C18H32O3. The van der Waals surface area contributed by atoms with Crippen molar-refractivity contribution in [2.24, 2.45) is 17.3 Å². The van der Waals surface area contributed by atoms with Gasteiger partial charge in [0.15, 0.2) is 0 Å². The highest BCUT2D eigenvalue weighted by Crippen LogP contribution is 2.22. The molecule has 0 aromatic carbocycles. The van der Waals surface area contributed by atoms with Gasteiger partial charge in [0.25, 0.3) is 0 Å². The van der Waals surface area contributed by atoms with Gasteiger partial charge in [-0.25, -0.2) is 4.79 Å². The summed E-state index contributed by atoms with van der Waals surface area (Å²) in [4.78, 5) is 21.2. The number of unbranched alkanes of at least 4 members (excludes halogenated alkanes) is 2. The predicted molar refractivity (Wildman–Crippen MR) is 86.4 cm³/mol. The SMILES string of the molecule is CC(C)C#CC(C)COOC(=O)CCCCCC(C)(C)C. The molecule has 0 aliphatic heterocycles. The van der Waals surface area contributed by atoms with Crippen molar-refractivity contribution in [2.45, 2.75) is 73.6 Å². The Bertz CT molecular complexity index is 342. The Hall–Kier alpha value is -1.01. The van der Waals surface area contributed by atoms with E-state index in [2.05, 4.69) is 32.6 Å². The van der Waals surface area contributed by atoms with E-state index >= 15 is 0 Å². The van der Waals surface area contributed by atoms with E-state index < -0.39 is 0 Å². The highest BCUT2D eigenvalue weighted by molar-refractivity contribution is 5.68. The first-order valence-corrected chi connectivity index (χ1v) is 8.04. The monoisotopic (exact) mass is 296 g/mol. The van der Waals surface area contributed by atoms with E-state index in [9.17, 15) is 4.79 Å². The lowest BCUT2D eigenvalue weighted by Gasteiger charge is -2.17. The zero-order valence-corrected chi connectivity index (χ0v) is 14.6. The van der Waals surface area contributed by atoms with Crippen LogP contribution in [0.3, 0.4) is 0 Å². The van der Waals surface area contributed by atoms with E-state index in [1.54, 1.807) is 0 Å². The van der Waals surface area contributed by atoms with Crippen molar-refractivity contribution in [3.63, 3.8) is 0 Å². The smallest absolute Gasteiger partial charge is 0.298 e. The van der Waals surface area contributed by atoms with Crippen LogP contribution in [0.4, 0.5) is 0 Å². The molecule has 0 spiro atoms. The molecule has 0 aromatic rings. The molecule has 0 aliphatic carbocycles. The Labute approximate surface area is 130 Å². The number of carbonyl (C=O) groups is 1. The molecular weight excluding hydrogens is 264 g/mol. The summed E-state index contributed by atoms with van der Waals surface area (Å²) in [5.41, 5.74) is 0.372. The van der Waals surface area contributed by atoms with Crippen molar-refractivity contribution in [1.82, 2.24) is 0 Å². The molecule has 0 rings (SSSR count). The minimum Gasteiger partial charge on any atom is -0.298 e. The second kappa shape index (κ2) is 10.7. The lowest BCUT2D eigenvalue weighted by atomic mass is 9.89. The molecule has 0 N–H and O–H groups in total. The Morgan fingerprint density at radius 1 is 1.05 bits per heavy atom. The molecule has 0 radical (unpaired) electrons. The molecule has 0 heterocycles. The Morgan fingerprint density at radius 3 is 2.29 bits per heavy atom. The number of hydrogen-bond donors (Lipinski definition) is 0. The summed E-state index contributed by atoms with van der Waals surface area (Å²) in [6, 6.07) is 0. The van der Waals surface area contributed by atoms with Crippen LogP contribution < -0.4 is 0 Å². The molecule has 0 fully saturated rings. The van der Waals surface area contributed by atoms with Gasteiger partial charge < -0.3 is 0 Å². The van der Waals surface area contributed by atoms with Gasteiger partial charge >= 0.3 is 5.97 Å². The van der Waals surface area contributed by atoms with Gasteiger partial charge in [0.05, 0.1) is 0 Å². The van der Waals surface area contributed by atoms with E-state index in [4.69, 9.17) is 9.78 Å². The molecule has 1 unspecified atom stereocenters. The van der Waals surface area contributed by atoms with Gasteiger partial charge in [-0.05, 0) is 25.2 Å². The van der Waals surface area contributed by atoms with Crippen LogP contribution in [0.2, 0.25) is 0 Å². The van der Waals surface area contributed by atoms with Crippen molar-refractivity contribution in [2.75, 3.05) is 6.61 Å². The number of hydrogen-bond acceptors (Lipinski definition) is 3. The minimum atomic E-state index is -0.283. The van der Waals surface area contributed by atoms with Gasteiger partial charge in [0, 0.05) is 18.3 Å². The van der Waals surface area contributed by atoms with Crippen LogP contribution in [0, 0.1) is 29.1 Å². The molecule has 0 aromatic heterocycles. The summed E-state index contributed by atoms with van der Waals surface area (Å²) < 4.78 is 0. The predicted octanol–water partition coefficient (Wildman–Crippen LogP) is 4.75. The van der Waals surface area contributed by atoms with Crippen LogP contribution in [0.5, 0.6) is 0 Å². The van der Waals surface area contributed by atoms with Crippen LogP contribution in [-0.2, 0) is 14.6 Å². The highest BCUT2D eigenvalue weighted by atomic mass is 17.2. The van der Waals surface area contributed by atoms with Crippen molar-refractivity contribution in [3.05, 3.63) is 0 Å². The maximum Gasteiger partial charge on any atom is 0.342 e. The number of rotatable bonds is 8. The van der Waals surface area contributed by atoms with Gasteiger partial charge in [-0.3, -0.25) is 4.89 Å². The largest absolute Gasteiger partial charge is 0.342 e. The standard InChI is InChI=1S/C18H32O3/c1-15(2)11-12-16(3)14-20-21-17(19)10-8-7-9-13-18(4,5)6/h15-16H,7-10,13-14H2,1-6H3. The average Bonchev–Trinajstić information content (AvgIpc) is 2.34. The fourth-order valence-electron chi connectivity index (χ4n) is 1.70. The molecule has 0 aliphatic rings. The maximum atomic E-state index is 11.5. The van der Waals surface area contributed by atoms with E-state index in [-0.39, 0.29) is 11.9 Å². The fourth-order valence-corrected chi connectivity index (χ4v) is 1.70. The van der Waals surface area contributed by atoms with Gasteiger partial charge in [0.1, 0.15) is 6.61 Å². The Kier molecular flexibility index (Phi) is 10.2. The second-order valence-electron chi connectivity index (χ2n) is 7.21. The third-order valence-corrected chi connectivity index (χ3v) is 2.90. The molecule has 1 atom stereocenters. The van der Waals surface area contributed by atoms with Crippen molar-refractivity contribution < 1.29 is 14.6 Å². The van der Waals surface area contributed by atoms with Crippen molar-refractivity contribution in [3.8, 4) is 11.8 Å². The van der Waals surface area contributed by atoms with E-state index in [0.717, 1.165) is 19.3 Å². The van der Waals surface area contributed by atoms with Crippen LogP contribution in [0.25, 0.3) is 0 Å². The van der Waals surface area contributed by atoms with E-state index in [0.29, 0.717) is 24.4 Å². The summed E-state index contributed by atoms with van der Waals surface area (Å²) in [5.74, 6) is 6.28. The third kappa shape index (κ3) is 15.2. The highest BCUT2D eigenvalue weighted by Gasteiger charge is 2.10. The van der Waals surface area contributed by atoms with Crippen LogP contribution in [0.1, 0.15) is 73.6 Å². The zero-order chi connectivity index (χ0) is 16.3. The first-order valence-electron chi connectivity index (χ1n) is 8.04. The minimum absolute atomic E-state index is 0.0759. The molecule has 3 nitrogen and oxygen atoms in total. The van der Waals surface area contributed by atoms with Crippen LogP contribution >= 0.6 is 0 Å². The lowest BCUT2D eigenvalue weighted by molar-refractivity contribution is -0.275. The first kappa shape index (κ1) is 20.0. The van der Waals surface area contributed by atoms with Crippen LogP contribution in [0.15, 0.2) is 0 Å². The molecule has 0 bridgehead atoms. The summed E-state index contributed by atoms with van der Waals surface area (Å²) in [7, 11) is 0. The van der Waals surface area contributed by atoms with Gasteiger partial charge in [-0.1, -0.05) is 53.4 Å². The average molecular weight is 296 g/mol. The Balaban J connectivity index is 3.58. The second-order valence-corrected chi connectivity index (χ2v) is 7.21. The van der Waals surface area contributed by atoms with Crippen LogP contribution in [-0.4, -0.2) is 12.6 Å². The van der Waals surface area contributed by atoms with Gasteiger partial charge in [0.2, 0.25) is 0 Å². The summed E-state index contributed by atoms with van der Waals surface area (Å²) >= 11 is 0. The maximum absolute atomic E-state index is 11.5. The lowest BCUT2D eigenvalue weighted by Crippen LogP contribution is -2.10.